The highest BCUT2D eigenvalue weighted by molar-refractivity contribution is 5.67. The summed E-state index contributed by atoms with van der Waals surface area (Å²) in [4.78, 5) is 11.8. The highest BCUT2D eigenvalue weighted by Gasteiger charge is 2.27. The lowest BCUT2D eigenvalue weighted by molar-refractivity contribution is 0.0510. The molecule has 0 bridgehead atoms. The minimum Gasteiger partial charge on any atom is -0.444 e. The van der Waals surface area contributed by atoms with E-state index in [9.17, 15) is 4.79 Å². The maximum absolute atomic E-state index is 11.8. The first-order chi connectivity index (χ1) is 10.4. The van der Waals surface area contributed by atoms with Crippen LogP contribution in [0, 0.1) is 17.2 Å². The normalized spacial score (nSPS) is 23.4. The predicted molar refractivity (Wildman–Crippen MR) is 87.4 cm³/mol. The quantitative estimate of drug-likeness (QED) is 0.789. The molecule has 2 N–H and O–H groups in total. The van der Waals surface area contributed by atoms with Gasteiger partial charge in [0, 0.05) is 18.6 Å². The molecule has 0 aromatic heterocycles. The first-order valence-corrected chi connectivity index (χ1v) is 8.45. The molecule has 0 radical (unpaired) electrons. The zero-order chi connectivity index (χ0) is 16.6. The van der Waals surface area contributed by atoms with Crippen LogP contribution in [0.25, 0.3) is 0 Å². The number of rotatable bonds is 6. The van der Waals surface area contributed by atoms with E-state index in [1.807, 2.05) is 20.8 Å². The second-order valence-corrected chi connectivity index (χ2v) is 7.17. The van der Waals surface area contributed by atoms with Gasteiger partial charge in [-0.05, 0) is 46.0 Å². The molecule has 22 heavy (non-hydrogen) atoms. The van der Waals surface area contributed by atoms with Crippen molar-refractivity contribution in [3.8, 4) is 6.07 Å². The number of nitriles is 1. The molecule has 1 saturated carbocycles. The van der Waals surface area contributed by atoms with Crippen LogP contribution in [0.15, 0.2) is 0 Å². The van der Waals surface area contributed by atoms with Gasteiger partial charge in [-0.1, -0.05) is 19.8 Å². The molecule has 5 heteroatoms. The van der Waals surface area contributed by atoms with Gasteiger partial charge in [-0.3, -0.25) is 0 Å². The molecule has 1 aliphatic carbocycles. The summed E-state index contributed by atoms with van der Waals surface area (Å²) in [6.45, 7) is 8.34. The number of ether oxygens (including phenoxy) is 1. The van der Waals surface area contributed by atoms with Crippen LogP contribution in [0.4, 0.5) is 4.79 Å². The van der Waals surface area contributed by atoms with E-state index in [0.29, 0.717) is 24.9 Å². The van der Waals surface area contributed by atoms with Crippen LogP contribution < -0.4 is 10.6 Å². The zero-order valence-electron chi connectivity index (χ0n) is 14.4. The smallest absolute Gasteiger partial charge is 0.407 e. The number of hydrogen-bond acceptors (Lipinski definition) is 4. The van der Waals surface area contributed by atoms with Gasteiger partial charge in [0.05, 0.1) is 12.5 Å². The van der Waals surface area contributed by atoms with E-state index >= 15 is 0 Å². The Balaban J connectivity index is 2.48. The van der Waals surface area contributed by atoms with Crippen LogP contribution in [0.2, 0.25) is 0 Å². The van der Waals surface area contributed by atoms with Gasteiger partial charge in [0.15, 0.2) is 0 Å². The molecule has 0 aromatic carbocycles. The summed E-state index contributed by atoms with van der Waals surface area (Å²) < 4.78 is 5.29. The molecule has 3 atom stereocenters. The standard InChI is InChI=1S/C17H31N3O2/c1-5-14(10-11-18)20-15-9-7-6-8-13(15)12-19-16(21)22-17(2,3)4/h13-15,20H,5-10,12H2,1-4H3,(H,19,21). The van der Waals surface area contributed by atoms with Crippen molar-refractivity contribution in [2.24, 2.45) is 5.92 Å². The maximum Gasteiger partial charge on any atom is 0.407 e. The number of nitrogens with one attached hydrogen (secondary N) is 2. The molecule has 1 rings (SSSR count). The number of hydrogen-bond donors (Lipinski definition) is 2. The van der Waals surface area contributed by atoms with Gasteiger partial charge in [0.2, 0.25) is 0 Å². The average Bonchev–Trinajstić information content (AvgIpc) is 2.44. The Hall–Kier alpha value is -1.28. The van der Waals surface area contributed by atoms with Crippen molar-refractivity contribution in [3.63, 3.8) is 0 Å². The Morgan fingerprint density at radius 2 is 2.05 bits per heavy atom. The molecule has 0 saturated heterocycles. The first kappa shape index (κ1) is 18.8. The van der Waals surface area contributed by atoms with Crippen LogP contribution in [0.3, 0.4) is 0 Å². The Morgan fingerprint density at radius 1 is 1.36 bits per heavy atom. The van der Waals surface area contributed by atoms with Gasteiger partial charge in [0.25, 0.3) is 0 Å². The lowest BCUT2D eigenvalue weighted by atomic mass is 9.83. The fourth-order valence-corrected chi connectivity index (χ4v) is 2.93. The number of alkyl carbamates (subject to hydrolysis) is 1. The SMILES string of the molecule is CCC(CC#N)NC1CCCCC1CNC(=O)OC(C)(C)C. The van der Waals surface area contributed by atoms with Crippen LogP contribution >= 0.6 is 0 Å². The number of carbonyl (C=O) groups excluding carboxylic acids is 1. The van der Waals surface area contributed by atoms with E-state index < -0.39 is 5.60 Å². The average molecular weight is 309 g/mol. The molecular weight excluding hydrogens is 278 g/mol. The Labute approximate surface area is 134 Å². The van der Waals surface area contributed by atoms with Crippen molar-refractivity contribution >= 4 is 6.09 Å². The van der Waals surface area contributed by atoms with Crippen molar-refractivity contribution in [2.45, 2.75) is 83.9 Å². The fraction of sp³-hybridized carbons (Fsp3) is 0.882. The minimum atomic E-state index is -0.464. The summed E-state index contributed by atoms with van der Waals surface area (Å²) in [7, 11) is 0. The van der Waals surface area contributed by atoms with Crippen molar-refractivity contribution < 1.29 is 9.53 Å². The van der Waals surface area contributed by atoms with E-state index in [1.54, 1.807) is 0 Å². The summed E-state index contributed by atoms with van der Waals surface area (Å²) in [5.74, 6) is 0.411. The second kappa shape index (κ2) is 8.99. The van der Waals surface area contributed by atoms with Crippen LogP contribution in [0.1, 0.15) is 66.2 Å². The van der Waals surface area contributed by atoms with E-state index in [2.05, 4.69) is 23.6 Å². The Morgan fingerprint density at radius 3 is 2.64 bits per heavy atom. The lowest BCUT2D eigenvalue weighted by Crippen LogP contribution is -2.48. The third kappa shape index (κ3) is 7.13. The van der Waals surface area contributed by atoms with Crippen molar-refractivity contribution in [3.05, 3.63) is 0 Å². The summed E-state index contributed by atoms with van der Waals surface area (Å²) in [5.41, 5.74) is -0.464. The molecule has 3 unspecified atom stereocenters. The third-order valence-corrected chi connectivity index (χ3v) is 4.10. The predicted octanol–water partition coefficient (Wildman–Crippen LogP) is 3.35. The molecule has 1 amide bonds. The van der Waals surface area contributed by atoms with Crippen LogP contribution in [-0.2, 0) is 4.74 Å². The minimum absolute atomic E-state index is 0.247. The molecule has 0 aliphatic heterocycles. The molecule has 5 nitrogen and oxygen atoms in total. The molecule has 1 aliphatic rings. The van der Waals surface area contributed by atoms with Crippen molar-refractivity contribution in [1.29, 1.82) is 5.26 Å². The summed E-state index contributed by atoms with van der Waals surface area (Å²) in [5, 5.41) is 15.4. The number of nitrogens with zero attached hydrogens (tertiary/aromatic N) is 1. The second-order valence-electron chi connectivity index (χ2n) is 7.17. The van der Waals surface area contributed by atoms with Crippen molar-refractivity contribution in [2.75, 3.05) is 6.54 Å². The highest BCUT2D eigenvalue weighted by atomic mass is 16.6. The van der Waals surface area contributed by atoms with Crippen molar-refractivity contribution in [1.82, 2.24) is 10.6 Å². The highest BCUT2D eigenvalue weighted by Crippen LogP contribution is 2.25. The molecule has 0 aromatic rings. The van der Waals surface area contributed by atoms with E-state index in [-0.39, 0.29) is 12.1 Å². The van der Waals surface area contributed by atoms with Gasteiger partial charge in [0.1, 0.15) is 5.60 Å². The lowest BCUT2D eigenvalue weighted by Gasteiger charge is -2.35. The summed E-state index contributed by atoms with van der Waals surface area (Å²) in [6.07, 6.45) is 5.78. The topological polar surface area (TPSA) is 74.2 Å². The van der Waals surface area contributed by atoms with Crippen LogP contribution in [0.5, 0.6) is 0 Å². The zero-order valence-corrected chi connectivity index (χ0v) is 14.4. The molecule has 126 valence electrons. The molecule has 0 spiro atoms. The van der Waals surface area contributed by atoms with Gasteiger partial charge in [-0.2, -0.15) is 5.26 Å². The molecular formula is C17H31N3O2. The summed E-state index contributed by atoms with van der Waals surface area (Å²) in [6, 6.07) is 2.87. The molecule has 1 fully saturated rings. The Bertz CT molecular complexity index is 384. The largest absolute Gasteiger partial charge is 0.444 e. The van der Waals surface area contributed by atoms with Crippen LogP contribution in [-0.4, -0.2) is 30.3 Å². The molecule has 0 heterocycles. The first-order valence-electron chi connectivity index (χ1n) is 8.45. The summed E-state index contributed by atoms with van der Waals surface area (Å²) >= 11 is 0. The monoisotopic (exact) mass is 309 g/mol. The van der Waals surface area contributed by atoms with Gasteiger partial charge < -0.3 is 15.4 Å². The maximum atomic E-state index is 11.8. The number of carbonyl (C=O) groups is 1. The van der Waals surface area contributed by atoms with Gasteiger partial charge in [-0.15, -0.1) is 0 Å². The third-order valence-electron chi connectivity index (χ3n) is 4.10. The Kier molecular flexibility index (Phi) is 7.67. The van der Waals surface area contributed by atoms with E-state index in [4.69, 9.17) is 10.00 Å². The fourth-order valence-electron chi connectivity index (χ4n) is 2.93. The van der Waals surface area contributed by atoms with E-state index in [0.717, 1.165) is 19.3 Å². The van der Waals surface area contributed by atoms with E-state index in [1.165, 1.54) is 12.8 Å². The van der Waals surface area contributed by atoms with Gasteiger partial charge in [-0.25, -0.2) is 4.79 Å². The number of amides is 1. The van der Waals surface area contributed by atoms with Gasteiger partial charge >= 0.3 is 6.09 Å².